The van der Waals surface area contributed by atoms with E-state index in [0.717, 1.165) is 32.1 Å². The van der Waals surface area contributed by atoms with Crippen LogP contribution in [-0.4, -0.2) is 41.9 Å². The largest absolute Gasteiger partial charge is 0.353 e. The van der Waals surface area contributed by atoms with Gasteiger partial charge in [0.1, 0.15) is 0 Å². The third kappa shape index (κ3) is 3.80. The number of nitrogens with two attached hydrogens (primary N) is 1. The highest BCUT2D eigenvalue weighted by Gasteiger charge is 2.38. The van der Waals surface area contributed by atoms with Crippen molar-refractivity contribution in [1.82, 2.24) is 10.2 Å². The van der Waals surface area contributed by atoms with Crippen molar-refractivity contribution in [2.45, 2.75) is 70.9 Å². The van der Waals surface area contributed by atoms with E-state index in [4.69, 9.17) is 5.73 Å². The molecular formula is C17H31N3O2. The van der Waals surface area contributed by atoms with Gasteiger partial charge in [-0.2, -0.15) is 0 Å². The monoisotopic (exact) mass is 309 g/mol. The normalized spacial score (nSPS) is 29.2. The Hall–Kier alpha value is -1.10. The number of carbonyl (C=O) groups excluding carboxylic acids is 2. The summed E-state index contributed by atoms with van der Waals surface area (Å²) in [5.74, 6) is 0.387. The summed E-state index contributed by atoms with van der Waals surface area (Å²) in [6.07, 6.45) is 6.75. The molecule has 0 bridgehead atoms. The summed E-state index contributed by atoms with van der Waals surface area (Å²) in [5.41, 5.74) is 5.83. The summed E-state index contributed by atoms with van der Waals surface area (Å²) in [6, 6.07) is 0.473. The number of carbonyl (C=O) groups is 2. The molecule has 3 N–H and O–H groups in total. The van der Waals surface area contributed by atoms with E-state index >= 15 is 0 Å². The minimum Gasteiger partial charge on any atom is -0.353 e. The van der Waals surface area contributed by atoms with E-state index in [1.165, 1.54) is 6.42 Å². The van der Waals surface area contributed by atoms with Gasteiger partial charge in [-0.25, -0.2) is 0 Å². The maximum absolute atomic E-state index is 12.5. The number of nitrogens with one attached hydrogen (secondary N) is 1. The fourth-order valence-corrected chi connectivity index (χ4v) is 3.97. The quantitative estimate of drug-likeness (QED) is 0.783. The van der Waals surface area contributed by atoms with E-state index in [1.807, 2.05) is 4.90 Å². The summed E-state index contributed by atoms with van der Waals surface area (Å²) in [6.45, 7) is 5.41. The number of amides is 2. The van der Waals surface area contributed by atoms with E-state index in [-0.39, 0.29) is 29.8 Å². The molecule has 2 fully saturated rings. The molecule has 1 heterocycles. The van der Waals surface area contributed by atoms with Crippen molar-refractivity contribution in [2.75, 3.05) is 13.1 Å². The number of likely N-dealkylation sites (tertiary alicyclic amines) is 1. The molecule has 0 aromatic rings. The summed E-state index contributed by atoms with van der Waals surface area (Å²) in [4.78, 5) is 26.6. The molecule has 1 saturated heterocycles. The Kier molecular flexibility index (Phi) is 6.24. The second-order valence-corrected chi connectivity index (χ2v) is 6.81. The van der Waals surface area contributed by atoms with Crippen LogP contribution in [0.1, 0.15) is 58.8 Å². The maximum atomic E-state index is 12.5. The first-order valence-corrected chi connectivity index (χ1v) is 8.90. The molecular weight excluding hydrogens is 278 g/mol. The number of rotatable bonds is 6. The lowest BCUT2D eigenvalue weighted by molar-refractivity contribution is -0.130. The highest BCUT2D eigenvalue weighted by molar-refractivity contribution is 5.89. The van der Waals surface area contributed by atoms with Crippen LogP contribution < -0.4 is 11.1 Å². The molecule has 1 aliphatic carbocycles. The molecule has 3 unspecified atom stereocenters. The highest BCUT2D eigenvalue weighted by Crippen LogP contribution is 2.26. The molecule has 5 heteroatoms. The zero-order valence-corrected chi connectivity index (χ0v) is 14.0. The van der Waals surface area contributed by atoms with Crippen LogP contribution in [0.3, 0.4) is 0 Å². The summed E-state index contributed by atoms with van der Waals surface area (Å²) in [7, 11) is 0. The zero-order chi connectivity index (χ0) is 16.1. The van der Waals surface area contributed by atoms with Crippen LogP contribution in [0, 0.1) is 11.8 Å². The van der Waals surface area contributed by atoms with Crippen LogP contribution in [0.2, 0.25) is 0 Å². The first-order chi connectivity index (χ1) is 10.6. The molecule has 0 spiro atoms. The molecule has 0 aromatic heterocycles. The van der Waals surface area contributed by atoms with Crippen molar-refractivity contribution in [3.8, 4) is 0 Å². The van der Waals surface area contributed by atoms with Gasteiger partial charge in [0, 0.05) is 25.0 Å². The Bertz CT molecular complexity index is 395. The maximum Gasteiger partial charge on any atom is 0.225 e. The van der Waals surface area contributed by atoms with E-state index in [1.54, 1.807) is 0 Å². The molecule has 0 aromatic carbocycles. The van der Waals surface area contributed by atoms with Crippen molar-refractivity contribution in [3.05, 3.63) is 0 Å². The third-order valence-electron chi connectivity index (χ3n) is 5.45. The van der Waals surface area contributed by atoms with E-state index < -0.39 is 0 Å². The van der Waals surface area contributed by atoms with Gasteiger partial charge >= 0.3 is 0 Å². The van der Waals surface area contributed by atoms with Crippen LogP contribution in [0.25, 0.3) is 0 Å². The van der Waals surface area contributed by atoms with Crippen molar-refractivity contribution in [1.29, 1.82) is 0 Å². The average Bonchev–Trinajstić information content (AvgIpc) is 2.91. The third-order valence-corrected chi connectivity index (χ3v) is 5.45. The fourth-order valence-electron chi connectivity index (χ4n) is 3.97. The van der Waals surface area contributed by atoms with Crippen LogP contribution in [0.4, 0.5) is 0 Å². The molecule has 2 amide bonds. The van der Waals surface area contributed by atoms with Gasteiger partial charge in [-0.1, -0.05) is 26.7 Å². The summed E-state index contributed by atoms with van der Waals surface area (Å²) < 4.78 is 0. The predicted octanol–water partition coefficient (Wildman–Crippen LogP) is 1.66. The second-order valence-electron chi connectivity index (χ2n) is 6.81. The van der Waals surface area contributed by atoms with Gasteiger partial charge in [0.2, 0.25) is 11.8 Å². The molecule has 126 valence electrons. The molecule has 0 radical (unpaired) electrons. The molecule has 1 aliphatic heterocycles. The topological polar surface area (TPSA) is 75.4 Å². The molecule has 2 rings (SSSR count). The minimum atomic E-state index is -0.187. The van der Waals surface area contributed by atoms with Crippen LogP contribution in [0.15, 0.2) is 0 Å². The highest BCUT2D eigenvalue weighted by atomic mass is 16.2. The zero-order valence-electron chi connectivity index (χ0n) is 14.0. The van der Waals surface area contributed by atoms with Gasteiger partial charge in [0.25, 0.3) is 0 Å². The SMILES string of the molecule is CCC(CC)N1CC(C(=O)NC2CCCCC2CN)CC1=O. The van der Waals surface area contributed by atoms with Gasteiger partial charge in [0.15, 0.2) is 0 Å². The first kappa shape index (κ1) is 17.3. The number of hydrogen-bond acceptors (Lipinski definition) is 3. The molecule has 1 saturated carbocycles. The minimum absolute atomic E-state index is 0.0483. The van der Waals surface area contributed by atoms with E-state index in [2.05, 4.69) is 19.2 Å². The Balaban J connectivity index is 1.92. The lowest BCUT2D eigenvalue weighted by Gasteiger charge is -2.32. The molecule has 2 aliphatic rings. The van der Waals surface area contributed by atoms with Crippen molar-refractivity contribution < 1.29 is 9.59 Å². The Morgan fingerprint density at radius 2 is 2.00 bits per heavy atom. The standard InChI is InChI=1S/C17H31N3O2/c1-3-14(4-2)20-11-13(9-16(20)21)17(22)19-15-8-6-5-7-12(15)10-18/h12-15H,3-11,18H2,1-2H3,(H,19,22). The van der Waals surface area contributed by atoms with E-state index in [0.29, 0.717) is 25.4 Å². The van der Waals surface area contributed by atoms with Crippen LogP contribution in [-0.2, 0) is 9.59 Å². The average molecular weight is 309 g/mol. The Morgan fingerprint density at radius 1 is 1.32 bits per heavy atom. The van der Waals surface area contributed by atoms with Gasteiger partial charge in [-0.3, -0.25) is 9.59 Å². The smallest absolute Gasteiger partial charge is 0.225 e. The fraction of sp³-hybridized carbons (Fsp3) is 0.882. The Labute approximate surface area is 134 Å². The first-order valence-electron chi connectivity index (χ1n) is 8.90. The predicted molar refractivity (Wildman–Crippen MR) is 87.1 cm³/mol. The number of hydrogen-bond donors (Lipinski definition) is 2. The number of nitrogens with zero attached hydrogens (tertiary/aromatic N) is 1. The van der Waals surface area contributed by atoms with Crippen LogP contribution in [0.5, 0.6) is 0 Å². The molecule has 5 nitrogen and oxygen atoms in total. The van der Waals surface area contributed by atoms with Crippen molar-refractivity contribution in [2.24, 2.45) is 17.6 Å². The van der Waals surface area contributed by atoms with Crippen LogP contribution >= 0.6 is 0 Å². The second kappa shape index (κ2) is 7.95. The Morgan fingerprint density at radius 3 is 2.64 bits per heavy atom. The van der Waals surface area contributed by atoms with E-state index in [9.17, 15) is 9.59 Å². The van der Waals surface area contributed by atoms with Crippen molar-refractivity contribution >= 4 is 11.8 Å². The van der Waals surface area contributed by atoms with Crippen molar-refractivity contribution in [3.63, 3.8) is 0 Å². The summed E-state index contributed by atoms with van der Waals surface area (Å²) in [5, 5.41) is 3.18. The molecule has 22 heavy (non-hydrogen) atoms. The van der Waals surface area contributed by atoms with Gasteiger partial charge < -0.3 is 16.0 Å². The summed E-state index contributed by atoms with van der Waals surface area (Å²) >= 11 is 0. The van der Waals surface area contributed by atoms with Gasteiger partial charge in [-0.05, 0) is 38.1 Å². The van der Waals surface area contributed by atoms with Gasteiger partial charge in [0.05, 0.1) is 5.92 Å². The molecule has 3 atom stereocenters. The lowest BCUT2D eigenvalue weighted by Crippen LogP contribution is -2.47. The van der Waals surface area contributed by atoms with Gasteiger partial charge in [-0.15, -0.1) is 0 Å². The lowest BCUT2D eigenvalue weighted by atomic mass is 9.84.